The van der Waals surface area contributed by atoms with Crippen molar-refractivity contribution in [3.8, 4) is 5.88 Å². The van der Waals surface area contributed by atoms with Crippen LogP contribution in [0.1, 0.15) is 42.5 Å². The van der Waals surface area contributed by atoms with Crippen molar-refractivity contribution in [1.82, 2.24) is 4.98 Å². The van der Waals surface area contributed by atoms with Gasteiger partial charge in [-0.25, -0.2) is 4.98 Å². The number of nitrogens with two attached hydrogens (primary N) is 1. The average molecular weight is 276 g/mol. The lowest BCUT2D eigenvalue weighted by Crippen LogP contribution is -2.22. The van der Waals surface area contributed by atoms with Crippen molar-refractivity contribution in [2.45, 2.75) is 45.1 Å². The maximum Gasteiger partial charge on any atom is 0.218 e. The fourth-order valence-electron chi connectivity index (χ4n) is 3.04. The van der Waals surface area contributed by atoms with Crippen LogP contribution < -0.4 is 10.5 Å². The number of hydrogen-bond acceptors (Lipinski definition) is 4. The Labute approximate surface area is 120 Å². The maximum absolute atomic E-state index is 5.99. The third-order valence-corrected chi connectivity index (χ3v) is 4.36. The molecule has 0 aromatic carbocycles. The molecule has 3 rings (SSSR count). The van der Waals surface area contributed by atoms with Crippen LogP contribution in [0.25, 0.3) is 0 Å². The number of aryl methyl sites for hydroxylation is 2. The molecule has 1 aliphatic carbocycles. The molecule has 0 atom stereocenters. The molecular formula is C16H24N2O2. The van der Waals surface area contributed by atoms with E-state index in [4.69, 9.17) is 20.2 Å². The smallest absolute Gasteiger partial charge is 0.218 e. The second-order valence-electron chi connectivity index (χ2n) is 5.84. The number of pyridine rings is 1. The maximum atomic E-state index is 5.99. The van der Waals surface area contributed by atoms with E-state index in [-0.39, 0.29) is 0 Å². The lowest BCUT2D eigenvalue weighted by atomic mass is 9.95. The zero-order valence-corrected chi connectivity index (χ0v) is 12.1. The van der Waals surface area contributed by atoms with E-state index in [1.54, 1.807) is 0 Å². The van der Waals surface area contributed by atoms with Gasteiger partial charge in [0, 0.05) is 31.0 Å². The van der Waals surface area contributed by atoms with Crippen molar-refractivity contribution >= 4 is 0 Å². The Morgan fingerprint density at radius 2 is 2.05 bits per heavy atom. The molecule has 1 aromatic heterocycles. The second-order valence-corrected chi connectivity index (χ2v) is 5.84. The first-order valence-electron chi connectivity index (χ1n) is 7.79. The molecule has 0 saturated carbocycles. The molecule has 0 amide bonds. The topological polar surface area (TPSA) is 57.4 Å². The third-order valence-electron chi connectivity index (χ3n) is 4.36. The first kappa shape index (κ1) is 13.8. The van der Waals surface area contributed by atoms with Crippen LogP contribution in [0.4, 0.5) is 0 Å². The van der Waals surface area contributed by atoms with Crippen LogP contribution in [-0.4, -0.2) is 24.8 Å². The molecule has 110 valence electrons. The highest BCUT2D eigenvalue weighted by molar-refractivity contribution is 5.35. The molecule has 1 fully saturated rings. The quantitative estimate of drug-likeness (QED) is 0.916. The van der Waals surface area contributed by atoms with E-state index in [0.717, 1.165) is 56.9 Å². The summed E-state index contributed by atoms with van der Waals surface area (Å²) in [6, 6.07) is 2.21. The molecule has 0 unspecified atom stereocenters. The zero-order chi connectivity index (χ0) is 13.8. The van der Waals surface area contributed by atoms with E-state index in [9.17, 15) is 0 Å². The van der Waals surface area contributed by atoms with Crippen LogP contribution in [0.5, 0.6) is 5.88 Å². The van der Waals surface area contributed by atoms with Crippen molar-refractivity contribution in [3.05, 3.63) is 22.9 Å². The van der Waals surface area contributed by atoms with Crippen molar-refractivity contribution in [1.29, 1.82) is 0 Å². The van der Waals surface area contributed by atoms with Gasteiger partial charge in [-0.1, -0.05) is 0 Å². The minimum Gasteiger partial charge on any atom is -0.477 e. The van der Waals surface area contributed by atoms with Gasteiger partial charge in [0.25, 0.3) is 0 Å². The number of nitrogens with zero attached hydrogens (tertiary/aromatic N) is 1. The number of hydrogen-bond donors (Lipinski definition) is 1. The van der Waals surface area contributed by atoms with Gasteiger partial charge in [-0.05, 0) is 56.1 Å². The highest BCUT2D eigenvalue weighted by Gasteiger charge is 2.18. The zero-order valence-electron chi connectivity index (χ0n) is 12.1. The normalized spacial score (nSPS) is 19.6. The summed E-state index contributed by atoms with van der Waals surface area (Å²) in [5, 5.41) is 0. The van der Waals surface area contributed by atoms with E-state index in [0.29, 0.717) is 12.5 Å². The lowest BCUT2D eigenvalue weighted by Gasteiger charge is -2.23. The predicted molar refractivity (Wildman–Crippen MR) is 77.8 cm³/mol. The molecule has 1 saturated heterocycles. The van der Waals surface area contributed by atoms with Crippen LogP contribution in [0, 0.1) is 5.92 Å². The summed E-state index contributed by atoms with van der Waals surface area (Å²) < 4.78 is 11.4. The number of rotatable bonds is 4. The Morgan fingerprint density at radius 3 is 2.85 bits per heavy atom. The molecule has 4 nitrogen and oxygen atoms in total. The van der Waals surface area contributed by atoms with Gasteiger partial charge in [-0.3, -0.25) is 0 Å². The number of fused-ring (bicyclic) bond motifs is 1. The Kier molecular flexibility index (Phi) is 4.53. The van der Waals surface area contributed by atoms with Crippen molar-refractivity contribution in [2.24, 2.45) is 11.7 Å². The van der Waals surface area contributed by atoms with Crippen molar-refractivity contribution < 1.29 is 9.47 Å². The van der Waals surface area contributed by atoms with Crippen LogP contribution in [-0.2, 0) is 24.1 Å². The van der Waals surface area contributed by atoms with Crippen LogP contribution in [0.2, 0.25) is 0 Å². The molecule has 4 heteroatoms. The van der Waals surface area contributed by atoms with Crippen LogP contribution in [0.15, 0.2) is 6.07 Å². The molecule has 0 spiro atoms. The molecule has 2 N–H and O–H groups in total. The highest BCUT2D eigenvalue weighted by atomic mass is 16.5. The summed E-state index contributed by atoms with van der Waals surface area (Å²) in [6.07, 6.45) is 6.89. The monoisotopic (exact) mass is 276 g/mol. The SMILES string of the molecule is NCc1cc2c(nc1OCC1CCOCC1)CCCC2. The van der Waals surface area contributed by atoms with E-state index in [1.807, 2.05) is 0 Å². The molecule has 1 aliphatic heterocycles. The summed E-state index contributed by atoms with van der Waals surface area (Å²) in [7, 11) is 0. The molecule has 20 heavy (non-hydrogen) atoms. The first-order valence-corrected chi connectivity index (χ1v) is 7.79. The van der Waals surface area contributed by atoms with Gasteiger partial charge < -0.3 is 15.2 Å². The van der Waals surface area contributed by atoms with Gasteiger partial charge in [0.1, 0.15) is 0 Å². The van der Waals surface area contributed by atoms with Crippen molar-refractivity contribution in [3.63, 3.8) is 0 Å². The highest BCUT2D eigenvalue weighted by Crippen LogP contribution is 2.26. The van der Waals surface area contributed by atoms with Crippen LogP contribution >= 0.6 is 0 Å². The second kappa shape index (κ2) is 6.55. The fraction of sp³-hybridized carbons (Fsp3) is 0.688. The molecule has 1 aromatic rings. The van der Waals surface area contributed by atoms with Gasteiger partial charge in [0.05, 0.1) is 6.61 Å². The Hall–Kier alpha value is -1.13. The van der Waals surface area contributed by atoms with Gasteiger partial charge in [-0.15, -0.1) is 0 Å². The fourth-order valence-corrected chi connectivity index (χ4v) is 3.04. The van der Waals surface area contributed by atoms with Gasteiger partial charge in [0.2, 0.25) is 5.88 Å². The Balaban J connectivity index is 1.70. The van der Waals surface area contributed by atoms with Crippen LogP contribution in [0.3, 0.4) is 0 Å². The lowest BCUT2D eigenvalue weighted by molar-refractivity contribution is 0.0488. The van der Waals surface area contributed by atoms with Crippen molar-refractivity contribution in [2.75, 3.05) is 19.8 Å². The molecule has 2 heterocycles. The van der Waals surface area contributed by atoms with E-state index >= 15 is 0 Å². The summed E-state index contributed by atoms with van der Waals surface area (Å²) in [6.45, 7) is 2.95. The van der Waals surface area contributed by atoms with E-state index in [2.05, 4.69) is 6.07 Å². The van der Waals surface area contributed by atoms with E-state index in [1.165, 1.54) is 24.1 Å². The molecule has 0 radical (unpaired) electrons. The Bertz CT molecular complexity index is 456. The third kappa shape index (κ3) is 3.13. The standard InChI is InChI=1S/C16H24N2O2/c17-10-14-9-13-3-1-2-4-15(13)18-16(14)20-11-12-5-7-19-8-6-12/h9,12H,1-8,10-11,17H2. The summed E-state index contributed by atoms with van der Waals surface area (Å²) in [5.74, 6) is 1.35. The summed E-state index contributed by atoms with van der Waals surface area (Å²) >= 11 is 0. The predicted octanol–water partition coefficient (Wildman–Crippen LogP) is 2.22. The number of aromatic nitrogens is 1. The minimum absolute atomic E-state index is 0.503. The van der Waals surface area contributed by atoms with Gasteiger partial charge >= 0.3 is 0 Å². The molecule has 2 aliphatic rings. The molecular weight excluding hydrogens is 252 g/mol. The Morgan fingerprint density at radius 1 is 1.25 bits per heavy atom. The largest absolute Gasteiger partial charge is 0.477 e. The van der Waals surface area contributed by atoms with Gasteiger partial charge in [-0.2, -0.15) is 0 Å². The average Bonchev–Trinajstić information content (AvgIpc) is 2.53. The summed E-state index contributed by atoms with van der Waals surface area (Å²) in [5.41, 5.74) is 9.49. The minimum atomic E-state index is 0.503. The van der Waals surface area contributed by atoms with Gasteiger partial charge in [0.15, 0.2) is 0 Å². The van der Waals surface area contributed by atoms with E-state index < -0.39 is 0 Å². The first-order chi connectivity index (χ1) is 9.86. The summed E-state index contributed by atoms with van der Waals surface area (Å²) in [4.78, 5) is 4.73. The number of ether oxygens (including phenoxy) is 2. The molecule has 0 bridgehead atoms.